The Labute approximate surface area is 159 Å². The van der Waals surface area contributed by atoms with Gasteiger partial charge in [0.2, 0.25) is 18.6 Å². The van der Waals surface area contributed by atoms with Crippen molar-refractivity contribution in [1.29, 1.82) is 0 Å². The Hall–Kier alpha value is -3.88. The highest BCUT2D eigenvalue weighted by Gasteiger charge is 2.35. The minimum Gasteiger partial charge on any atom is -0.454 e. The average molecular weight is 377 g/mol. The Morgan fingerprint density at radius 2 is 2.00 bits per heavy atom. The molecule has 3 aromatic rings. The highest BCUT2D eigenvalue weighted by atomic mass is 16.7. The van der Waals surface area contributed by atoms with Gasteiger partial charge in [-0.3, -0.25) is 14.9 Å². The van der Waals surface area contributed by atoms with Crippen LogP contribution in [0.3, 0.4) is 0 Å². The maximum atomic E-state index is 12.5. The van der Waals surface area contributed by atoms with Gasteiger partial charge < -0.3 is 14.8 Å². The number of carbonyl (C=O) groups is 2. The first-order valence-corrected chi connectivity index (χ1v) is 8.70. The molecule has 2 amide bonds. The lowest BCUT2D eigenvalue weighted by atomic mass is 10.2. The highest BCUT2D eigenvalue weighted by molar-refractivity contribution is 6.01. The fourth-order valence-electron chi connectivity index (χ4n) is 3.18. The Balaban J connectivity index is 1.32. The Bertz CT molecular complexity index is 1080. The van der Waals surface area contributed by atoms with Crippen molar-refractivity contribution in [3.63, 3.8) is 0 Å². The summed E-state index contributed by atoms with van der Waals surface area (Å²) in [5, 5.41) is 9.85. The van der Waals surface area contributed by atoms with Crippen LogP contribution in [0.4, 0.5) is 11.6 Å². The van der Waals surface area contributed by atoms with Gasteiger partial charge in [0.05, 0.1) is 6.42 Å². The molecule has 1 aromatic heterocycles. The monoisotopic (exact) mass is 377 g/mol. The molecule has 9 nitrogen and oxygen atoms in total. The van der Waals surface area contributed by atoms with Crippen molar-refractivity contribution in [2.24, 2.45) is 0 Å². The summed E-state index contributed by atoms with van der Waals surface area (Å²) < 4.78 is 12.0. The number of hydrogen-bond donors (Lipinski definition) is 2. The minimum atomic E-state index is -0.756. The largest absolute Gasteiger partial charge is 0.454 e. The number of benzene rings is 2. The third-order valence-electron chi connectivity index (χ3n) is 4.53. The van der Waals surface area contributed by atoms with Crippen molar-refractivity contribution in [1.82, 2.24) is 14.8 Å². The highest BCUT2D eigenvalue weighted by Crippen LogP contribution is 2.34. The van der Waals surface area contributed by atoms with Crippen LogP contribution >= 0.6 is 0 Å². The number of hydrogen-bond acceptors (Lipinski definition) is 6. The molecule has 1 atom stereocenters. The Morgan fingerprint density at radius 1 is 1.18 bits per heavy atom. The van der Waals surface area contributed by atoms with E-state index < -0.39 is 6.04 Å². The average Bonchev–Trinajstić information content (AvgIpc) is 3.39. The summed E-state index contributed by atoms with van der Waals surface area (Å²) in [4.78, 5) is 29.1. The van der Waals surface area contributed by atoms with Gasteiger partial charge in [0.15, 0.2) is 17.3 Å². The van der Waals surface area contributed by atoms with Crippen LogP contribution < -0.4 is 20.1 Å². The van der Waals surface area contributed by atoms with E-state index in [1.807, 2.05) is 30.3 Å². The van der Waals surface area contributed by atoms with Gasteiger partial charge >= 0.3 is 0 Å². The van der Waals surface area contributed by atoms with Gasteiger partial charge in [0.1, 0.15) is 6.04 Å². The number of amides is 2. The molecule has 5 rings (SSSR count). The van der Waals surface area contributed by atoms with Crippen LogP contribution in [0, 0.1) is 0 Å². The quantitative estimate of drug-likeness (QED) is 0.722. The molecule has 28 heavy (non-hydrogen) atoms. The number of fused-ring (bicyclic) bond motifs is 2. The van der Waals surface area contributed by atoms with Crippen LogP contribution in [0.5, 0.6) is 11.5 Å². The normalized spacial score (nSPS) is 16.6. The lowest BCUT2D eigenvalue weighted by Crippen LogP contribution is -2.23. The summed E-state index contributed by atoms with van der Waals surface area (Å²) in [5.74, 6) is 1.41. The first-order valence-electron chi connectivity index (χ1n) is 8.70. The van der Waals surface area contributed by atoms with Crippen LogP contribution in [-0.4, -0.2) is 33.4 Å². The molecular formula is C19H15N5O4. The van der Waals surface area contributed by atoms with Crippen molar-refractivity contribution in [3.8, 4) is 22.9 Å². The maximum Gasteiger partial charge on any atom is 0.252 e. The van der Waals surface area contributed by atoms with Gasteiger partial charge in [-0.05, 0) is 12.1 Å². The van der Waals surface area contributed by atoms with Crippen LogP contribution in [0.1, 0.15) is 12.5 Å². The van der Waals surface area contributed by atoms with Crippen molar-refractivity contribution in [2.45, 2.75) is 12.5 Å². The van der Waals surface area contributed by atoms with E-state index in [-0.39, 0.29) is 25.0 Å². The molecule has 3 heterocycles. The van der Waals surface area contributed by atoms with E-state index in [1.165, 1.54) is 4.68 Å². The second-order valence-corrected chi connectivity index (χ2v) is 6.40. The third kappa shape index (κ3) is 2.82. The Morgan fingerprint density at radius 3 is 2.86 bits per heavy atom. The van der Waals surface area contributed by atoms with E-state index in [9.17, 15) is 9.59 Å². The van der Waals surface area contributed by atoms with Crippen LogP contribution in [-0.2, 0) is 9.59 Å². The number of anilines is 2. The number of nitrogens with one attached hydrogen (secondary N) is 2. The van der Waals surface area contributed by atoms with Crippen molar-refractivity contribution in [2.75, 3.05) is 17.4 Å². The van der Waals surface area contributed by atoms with E-state index in [0.717, 1.165) is 5.56 Å². The number of nitrogens with zero attached hydrogens (tertiary/aromatic N) is 3. The predicted molar refractivity (Wildman–Crippen MR) is 98.9 cm³/mol. The predicted octanol–water partition coefficient (Wildman–Crippen LogP) is 2.20. The van der Waals surface area contributed by atoms with E-state index >= 15 is 0 Å². The molecule has 2 aromatic carbocycles. The molecule has 2 aliphatic heterocycles. The van der Waals surface area contributed by atoms with Gasteiger partial charge in [-0.15, -0.1) is 5.10 Å². The van der Waals surface area contributed by atoms with E-state index in [1.54, 1.807) is 18.2 Å². The van der Waals surface area contributed by atoms with Gasteiger partial charge in [-0.2, -0.15) is 4.98 Å². The van der Waals surface area contributed by atoms with Gasteiger partial charge in [-0.25, -0.2) is 4.68 Å². The fourth-order valence-corrected chi connectivity index (χ4v) is 3.18. The molecule has 0 fully saturated rings. The molecule has 2 N–H and O–H groups in total. The summed E-state index contributed by atoms with van der Waals surface area (Å²) in [5.41, 5.74) is 1.40. The molecule has 1 unspecified atom stereocenters. The summed E-state index contributed by atoms with van der Waals surface area (Å²) in [6.45, 7) is 0.161. The number of carbonyl (C=O) groups excluding carboxylic acids is 2. The van der Waals surface area contributed by atoms with Crippen LogP contribution in [0.25, 0.3) is 11.4 Å². The maximum absolute atomic E-state index is 12.5. The van der Waals surface area contributed by atoms with E-state index in [4.69, 9.17) is 9.47 Å². The van der Waals surface area contributed by atoms with Gasteiger partial charge in [0.25, 0.3) is 5.91 Å². The molecule has 0 saturated carbocycles. The molecule has 0 radical (unpaired) electrons. The summed E-state index contributed by atoms with van der Waals surface area (Å²) in [6.07, 6.45) is -0.0646. The first kappa shape index (κ1) is 16.3. The number of rotatable bonds is 4. The van der Waals surface area contributed by atoms with Crippen molar-refractivity contribution >= 4 is 23.5 Å². The Kier molecular flexibility index (Phi) is 3.71. The molecule has 0 saturated heterocycles. The molecular weight excluding hydrogens is 362 g/mol. The van der Waals surface area contributed by atoms with Crippen LogP contribution in [0.2, 0.25) is 0 Å². The zero-order valence-electron chi connectivity index (χ0n) is 14.6. The summed E-state index contributed by atoms with van der Waals surface area (Å²) in [7, 11) is 0. The minimum absolute atomic E-state index is 0.0646. The second-order valence-electron chi connectivity index (χ2n) is 6.40. The van der Waals surface area contributed by atoms with Crippen molar-refractivity contribution < 1.29 is 19.1 Å². The molecule has 0 spiro atoms. The lowest BCUT2D eigenvalue weighted by Gasteiger charge is -2.10. The third-order valence-corrected chi connectivity index (χ3v) is 4.53. The van der Waals surface area contributed by atoms with Gasteiger partial charge in [0, 0.05) is 17.3 Å². The van der Waals surface area contributed by atoms with E-state index in [2.05, 4.69) is 20.7 Å². The molecule has 140 valence electrons. The first-order chi connectivity index (χ1) is 13.7. The summed E-state index contributed by atoms with van der Waals surface area (Å²) in [6, 6.07) is 13.8. The fraction of sp³-hybridized carbons (Fsp3) is 0.158. The SMILES string of the molecule is O=C(CC1C(=O)Nc2nc(-c3ccccc3)nn21)Nc1ccc2c(c1)OCO2. The summed E-state index contributed by atoms with van der Waals surface area (Å²) >= 11 is 0. The van der Waals surface area contributed by atoms with E-state index in [0.29, 0.717) is 29.0 Å². The standard InChI is InChI=1S/C19H15N5O4/c25-16(20-12-6-7-14-15(8-12)28-10-27-14)9-13-18(26)22-19-21-17(23-24(13)19)11-4-2-1-3-5-11/h1-8,13H,9-10H2,(H,20,25)(H,21,22,23,26). The molecule has 2 aliphatic rings. The van der Waals surface area contributed by atoms with Crippen LogP contribution in [0.15, 0.2) is 48.5 Å². The molecule has 0 bridgehead atoms. The zero-order valence-corrected chi connectivity index (χ0v) is 14.6. The number of aromatic nitrogens is 3. The molecule has 0 aliphatic carbocycles. The zero-order chi connectivity index (χ0) is 19.1. The van der Waals surface area contributed by atoms with Gasteiger partial charge in [-0.1, -0.05) is 30.3 Å². The lowest BCUT2D eigenvalue weighted by molar-refractivity contribution is -0.123. The molecule has 9 heteroatoms. The second kappa shape index (κ2) is 6.38. The number of ether oxygens (including phenoxy) is 2. The smallest absolute Gasteiger partial charge is 0.252 e. The topological polar surface area (TPSA) is 107 Å². The van der Waals surface area contributed by atoms with Crippen molar-refractivity contribution in [3.05, 3.63) is 48.5 Å².